The molecule has 1 N–H and O–H groups in total. The van der Waals surface area contributed by atoms with E-state index in [4.69, 9.17) is 9.47 Å². The van der Waals surface area contributed by atoms with Crippen LogP contribution in [-0.4, -0.2) is 66.0 Å². The monoisotopic (exact) mass is 363 g/mol. The van der Waals surface area contributed by atoms with Crippen LogP contribution in [0.5, 0.6) is 0 Å². The van der Waals surface area contributed by atoms with E-state index in [2.05, 4.69) is 10.3 Å². The first-order valence-corrected chi connectivity index (χ1v) is 8.84. The number of hydrogen-bond donors (Lipinski definition) is 1. The smallest absolute Gasteiger partial charge is 0.434 e. The van der Waals surface area contributed by atoms with E-state index < -0.39 is 11.7 Å². The number of aliphatic imine (C=N–C) groups is 1. The average Bonchev–Trinajstić information content (AvgIpc) is 3.17. The zero-order chi connectivity index (χ0) is 19.1. The van der Waals surface area contributed by atoms with Crippen molar-refractivity contribution in [1.82, 2.24) is 10.2 Å². The van der Waals surface area contributed by atoms with Crippen molar-refractivity contribution in [2.24, 2.45) is 16.8 Å². The maximum atomic E-state index is 12.5. The SMILES string of the molecule is CC(CNCCN1C(=O)C2C3C=CC(O3)C2C1=O)=NC(=O)OC(C)(C)C. The van der Waals surface area contributed by atoms with Gasteiger partial charge in [0.2, 0.25) is 11.8 Å². The van der Waals surface area contributed by atoms with Crippen LogP contribution < -0.4 is 5.32 Å². The second-order valence-electron chi connectivity index (χ2n) is 7.83. The summed E-state index contributed by atoms with van der Waals surface area (Å²) < 4.78 is 10.7. The first-order chi connectivity index (χ1) is 12.2. The lowest BCUT2D eigenvalue weighted by atomic mass is 9.85. The minimum absolute atomic E-state index is 0.155. The minimum atomic E-state index is -0.627. The summed E-state index contributed by atoms with van der Waals surface area (Å²) in [6, 6.07) is 0. The predicted octanol–water partition coefficient (Wildman–Crippen LogP) is 0.910. The van der Waals surface area contributed by atoms with Crippen molar-refractivity contribution in [2.75, 3.05) is 19.6 Å². The fourth-order valence-electron chi connectivity index (χ4n) is 3.53. The minimum Gasteiger partial charge on any atom is -0.442 e. The molecule has 0 aromatic carbocycles. The Morgan fingerprint density at radius 1 is 1.23 bits per heavy atom. The Bertz CT molecular complexity index is 649. The van der Waals surface area contributed by atoms with Gasteiger partial charge in [0.1, 0.15) is 5.60 Å². The molecule has 0 spiro atoms. The topological polar surface area (TPSA) is 97.3 Å². The van der Waals surface area contributed by atoms with E-state index in [1.165, 1.54) is 4.90 Å². The normalized spacial score (nSPS) is 30.3. The molecule has 0 aromatic rings. The molecule has 3 aliphatic heterocycles. The molecule has 26 heavy (non-hydrogen) atoms. The number of nitrogens with one attached hydrogen (secondary N) is 1. The number of amides is 3. The van der Waals surface area contributed by atoms with Crippen LogP contribution in [0.4, 0.5) is 4.79 Å². The molecule has 2 bridgehead atoms. The van der Waals surface area contributed by atoms with Crippen molar-refractivity contribution in [3.05, 3.63) is 12.2 Å². The summed E-state index contributed by atoms with van der Waals surface area (Å²) >= 11 is 0. The number of carbonyl (C=O) groups is 3. The summed E-state index contributed by atoms with van der Waals surface area (Å²) in [4.78, 5) is 41.7. The highest BCUT2D eigenvalue weighted by atomic mass is 16.6. The average molecular weight is 363 g/mol. The molecule has 8 heteroatoms. The summed E-state index contributed by atoms with van der Waals surface area (Å²) in [6.45, 7) is 8.15. The molecule has 0 aromatic heterocycles. The van der Waals surface area contributed by atoms with Crippen molar-refractivity contribution in [2.45, 2.75) is 45.5 Å². The summed E-state index contributed by atoms with van der Waals surface area (Å²) in [7, 11) is 0. The zero-order valence-electron chi connectivity index (χ0n) is 15.5. The second-order valence-corrected chi connectivity index (χ2v) is 7.83. The van der Waals surface area contributed by atoms with Gasteiger partial charge in [0.25, 0.3) is 0 Å². The third kappa shape index (κ3) is 3.71. The number of likely N-dealkylation sites (tertiary alicyclic amines) is 1. The van der Waals surface area contributed by atoms with Gasteiger partial charge in [-0.2, -0.15) is 4.99 Å². The molecule has 142 valence electrons. The fraction of sp³-hybridized carbons (Fsp3) is 0.667. The number of imide groups is 1. The van der Waals surface area contributed by atoms with Crippen molar-refractivity contribution < 1.29 is 23.9 Å². The molecule has 3 heterocycles. The van der Waals surface area contributed by atoms with E-state index in [1.807, 2.05) is 12.2 Å². The Morgan fingerprint density at radius 2 is 1.81 bits per heavy atom. The van der Waals surface area contributed by atoms with Gasteiger partial charge in [-0.3, -0.25) is 14.5 Å². The van der Waals surface area contributed by atoms with Gasteiger partial charge in [0.05, 0.1) is 24.0 Å². The van der Waals surface area contributed by atoms with Gasteiger partial charge in [0.15, 0.2) is 0 Å². The molecule has 0 radical (unpaired) electrons. The van der Waals surface area contributed by atoms with E-state index in [0.29, 0.717) is 25.3 Å². The third-order valence-corrected chi connectivity index (χ3v) is 4.57. The molecular formula is C18H25N3O5. The predicted molar refractivity (Wildman–Crippen MR) is 93.7 cm³/mol. The van der Waals surface area contributed by atoms with Crippen LogP contribution in [0.3, 0.4) is 0 Å². The van der Waals surface area contributed by atoms with E-state index in [9.17, 15) is 14.4 Å². The summed E-state index contributed by atoms with van der Waals surface area (Å²) in [5, 5.41) is 3.09. The standard InChI is InChI=1S/C18H25N3O5/c1-10(20-17(24)26-18(2,3)4)9-19-7-8-21-15(22)13-11-5-6-12(25-11)14(13)16(21)23/h5-6,11-14,19H,7-9H2,1-4H3. The molecule has 3 aliphatic rings. The van der Waals surface area contributed by atoms with Gasteiger partial charge in [0, 0.05) is 25.3 Å². The van der Waals surface area contributed by atoms with E-state index in [1.54, 1.807) is 27.7 Å². The Balaban J connectivity index is 1.44. The van der Waals surface area contributed by atoms with Gasteiger partial charge < -0.3 is 14.8 Å². The van der Waals surface area contributed by atoms with Gasteiger partial charge in [-0.05, 0) is 27.7 Å². The Kier molecular flexibility index (Phi) is 4.98. The Labute approximate surface area is 152 Å². The summed E-state index contributed by atoms with van der Waals surface area (Å²) in [5.74, 6) is -1.04. The maximum absolute atomic E-state index is 12.5. The maximum Gasteiger partial charge on any atom is 0.434 e. The fourth-order valence-corrected chi connectivity index (χ4v) is 3.53. The lowest BCUT2D eigenvalue weighted by Crippen LogP contribution is -2.40. The van der Waals surface area contributed by atoms with Crippen LogP contribution in [0.2, 0.25) is 0 Å². The number of carbonyl (C=O) groups excluding carboxylic acids is 3. The van der Waals surface area contributed by atoms with E-state index >= 15 is 0 Å². The van der Waals surface area contributed by atoms with Gasteiger partial charge in [-0.15, -0.1) is 0 Å². The van der Waals surface area contributed by atoms with Crippen molar-refractivity contribution in [3.8, 4) is 0 Å². The number of rotatable bonds is 5. The largest absolute Gasteiger partial charge is 0.442 e. The Morgan fingerprint density at radius 3 is 2.35 bits per heavy atom. The van der Waals surface area contributed by atoms with E-state index in [-0.39, 0.29) is 35.9 Å². The van der Waals surface area contributed by atoms with Crippen LogP contribution in [0, 0.1) is 11.8 Å². The van der Waals surface area contributed by atoms with Crippen LogP contribution in [0.15, 0.2) is 17.1 Å². The highest BCUT2D eigenvalue weighted by Gasteiger charge is 2.60. The molecule has 8 nitrogen and oxygen atoms in total. The van der Waals surface area contributed by atoms with Gasteiger partial charge in [-0.1, -0.05) is 12.2 Å². The third-order valence-electron chi connectivity index (χ3n) is 4.57. The quantitative estimate of drug-likeness (QED) is 0.337. The molecule has 3 rings (SSSR count). The summed E-state index contributed by atoms with van der Waals surface area (Å²) in [6.07, 6.45) is 2.59. The Hall–Kier alpha value is -2.06. The highest BCUT2D eigenvalue weighted by Crippen LogP contribution is 2.44. The number of ether oxygens (including phenoxy) is 2. The molecular weight excluding hydrogens is 338 g/mol. The second kappa shape index (κ2) is 6.92. The summed E-state index contributed by atoms with van der Waals surface area (Å²) in [5.41, 5.74) is -0.00767. The molecule has 3 amide bonds. The van der Waals surface area contributed by atoms with Gasteiger partial charge >= 0.3 is 6.09 Å². The van der Waals surface area contributed by atoms with Crippen molar-refractivity contribution in [3.63, 3.8) is 0 Å². The van der Waals surface area contributed by atoms with Crippen molar-refractivity contribution in [1.29, 1.82) is 0 Å². The number of nitrogens with zero attached hydrogens (tertiary/aromatic N) is 2. The van der Waals surface area contributed by atoms with Gasteiger partial charge in [-0.25, -0.2) is 4.79 Å². The number of fused-ring (bicyclic) bond motifs is 5. The first-order valence-electron chi connectivity index (χ1n) is 8.84. The lowest BCUT2D eigenvalue weighted by molar-refractivity contribution is -0.142. The van der Waals surface area contributed by atoms with Crippen LogP contribution in [-0.2, 0) is 19.1 Å². The molecule has 2 saturated heterocycles. The molecule has 2 fully saturated rings. The first kappa shape index (κ1) is 18.7. The zero-order valence-corrected chi connectivity index (χ0v) is 15.5. The van der Waals surface area contributed by atoms with Crippen LogP contribution >= 0.6 is 0 Å². The highest BCUT2D eigenvalue weighted by molar-refractivity contribution is 6.06. The lowest BCUT2D eigenvalue weighted by Gasteiger charge is -2.18. The molecule has 4 atom stereocenters. The van der Waals surface area contributed by atoms with Crippen LogP contribution in [0.1, 0.15) is 27.7 Å². The van der Waals surface area contributed by atoms with Crippen molar-refractivity contribution >= 4 is 23.6 Å². The molecule has 0 saturated carbocycles. The molecule has 4 unspecified atom stereocenters. The number of hydrogen-bond acceptors (Lipinski definition) is 6. The van der Waals surface area contributed by atoms with E-state index in [0.717, 1.165) is 0 Å². The van der Waals surface area contributed by atoms with Crippen LogP contribution in [0.25, 0.3) is 0 Å². The molecule has 0 aliphatic carbocycles.